The first-order valence-corrected chi connectivity index (χ1v) is 13.1. The molecule has 1 saturated heterocycles. The van der Waals surface area contributed by atoms with Gasteiger partial charge in [-0.1, -0.05) is 38.5 Å². The Hall–Kier alpha value is -3.63. The fourth-order valence-electron chi connectivity index (χ4n) is 5.54. The SMILES string of the molecule is CCCN1CCCCC(CC)(c2cccc(Oc3cc(C(C)(N)c4cncn4C)ccc3C#N)c2)C1=O. The molecule has 1 aliphatic rings. The third kappa shape index (κ3) is 4.99. The normalized spacial score (nSPS) is 19.7. The number of hydrogen-bond donors (Lipinski definition) is 1. The van der Waals surface area contributed by atoms with Gasteiger partial charge in [-0.2, -0.15) is 5.26 Å². The number of benzene rings is 2. The van der Waals surface area contributed by atoms with Gasteiger partial charge in [0.25, 0.3) is 0 Å². The quantitative estimate of drug-likeness (QED) is 0.449. The minimum atomic E-state index is -0.832. The molecule has 2 heterocycles. The van der Waals surface area contributed by atoms with E-state index >= 15 is 0 Å². The minimum Gasteiger partial charge on any atom is -0.456 e. The number of imidazole rings is 1. The summed E-state index contributed by atoms with van der Waals surface area (Å²) in [6, 6.07) is 15.4. The summed E-state index contributed by atoms with van der Waals surface area (Å²) < 4.78 is 8.21. The molecule has 0 radical (unpaired) electrons. The Kier molecular flexibility index (Phi) is 7.70. The number of aryl methyl sites for hydroxylation is 1. The molecule has 1 aromatic heterocycles. The topological polar surface area (TPSA) is 97.2 Å². The predicted molar refractivity (Wildman–Crippen MR) is 144 cm³/mol. The smallest absolute Gasteiger partial charge is 0.233 e. The molecule has 37 heavy (non-hydrogen) atoms. The third-order valence-electron chi connectivity index (χ3n) is 7.74. The second kappa shape index (κ2) is 10.8. The van der Waals surface area contributed by atoms with Gasteiger partial charge < -0.3 is 19.9 Å². The number of nitrogens with zero attached hydrogens (tertiary/aromatic N) is 4. The van der Waals surface area contributed by atoms with E-state index in [0.717, 1.165) is 62.0 Å². The van der Waals surface area contributed by atoms with Gasteiger partial charge in [-0.3, -0.25) is 4.79 Å². The Bertz CT molecular complexity index is 1310. The Morgan fingerprint density at radius 1 is 1.22 bits per heavy atom. The van der Waals surface area contributed by atoms with E-state index in [1.165, 1.54) is 0 Å². The van der Waals surface area contributed by atoms with Crippen molar-refractivity contribution in [1.82, 2.24) is 14.5 Å². The molecule has 1 fully saturated rings. The number of amides is 1. The molecule has 0 saturated carbocycles. The van der Waals surface area contributed by atoms with E-state index in [2.05, 4.69) is 24.9 Å². The van der Waals surface area contributed by atoms with Gasteiger partial charge in [0.1, 0.15) is 17.6 Å². The van der Waals surface area contributed by atoms with Crippen molar-refractivity contribution in [2.45, 2.75) is 63.8 Å². The molecule has 2 unspecified atom stereocenters. The Morgan fingerprint density at radius 2 is 2.03 bits per heavy atom. The largest absolute Gasteiger partial charge is 0.456 e. The zero-order valence-electron chi connectivity index (χ0n) is 22.3. The van der Waals surface area contributed by atoms with Gasteiger partial charge >= 0.3 is 0 Å². The average molecular weight is 500 g/mol. The summed E-state index contributed by atoms with van der Waals surface area (Å²) in [6.45, 7) is 7.72. The van der Waals surface area contributed by atoms with Gasteiger partial charge in [-0.15, -0.1) is 0 Å². The molecule has 194 valence electrons. The molecule has 2 N–H and O–H groups in total. The summed E-state index contributed by atoms with van der Waals surface area (Å²) in [4.78, 5) is 20.0. The molecule has 7 nitrogen and oxygen atoms in total. The van der Waals surface area contributed by atoms with Crippen LogP contribution in [0.3, 0.4) is 0 Å². The molecule has 4 rings (SSSR count). The zero-order chi connectivity index (χ0) is 26.6. The van der Waals surface area contributed by atoms with Crippen molar-refractivity contribution in [1.29, 1.82) is 5.26 Å². The minimum absolute atomic E-state index is 0.210. The molecule has 3 aromatic rings. The fraction of sp³-hybridized carbons (Fsp3) is 0.433. The Morgan fingerprint density at radius 3 is 2.70 bits per heavy atom. The second-order valence-electron chi connectivity index (χ2n) is 10.2. The van der Waals surface area contributed by atoms with Crippen LogP contribution >= 0.6 is 0 Å². The molecule has 0 aliphatic carbocycles. The molecule has 2 atom stereocenters. The van der Waals surface area contributed by atoms with E-state index in [4.69, 9.17) is 10.5 Å². The van der Waals surface area contributed by atoms with Crippen LogP contribution < -0.4 is 10.5 Å². The predicted octanol–water partition coefficient (Wildman–Crippen LogP) is 5.38. The summed E-state index contributed by atoms with van der Waals surface area (Å²) in [6.07, 6.45) is 7.99. The van der Waals surface area contributed by atoms with Crippen LogP contribution in [0.15, 0.2) is 55.0 Å². The number of nitrogens with two attached hydrogens (primary N) is 1. The van der Waals surface area contributed by atoms with Crippen LogP contribution in [0.5, 0.6) is 11.5 Å². The summed E-state index contributed by atoms with van der Waals surface area (Å²) in [5.74, 6) is 1.24. The maximum absolute atomic E-state index is 13.8. The van der Waals surface area contributed by atoms with E-state index < -0.39 is 11.0 Å². The van der Waals surface area contributed by atoms with Crippen molar-refractivity contribution in [3.63, 3.8) is 0 Å². The first-order chi connectivity index (χ1) is 17.8. The van der Waals surface area contributed by atoms with E-state index in [9.17, 15) is 10.1 Å². The van der Waals surface area contributed by atoms with Crippen LogP contribution in [0, 0.1) is 11.3 Å². The van der Waals surface area contributed by atoms with Gasteiger partial charge in [0.05, 0.1) is 34.7 Å². The zero-order valence-corrected chi connectivity index (χ0v) is 22.3. The highest BCUT2D eigenvalue weighted by Gasteiger charge is 2.42. The van der Waals surface area contributed by atoms with Crippen LogP contribution in [0.25, 0.3) is 0 Å². The monoisotopic (exact) mass is 499 g/mol. The Balaban J connectivity index is 1.71. The summed E-state index contributed by atoms with van der Waals surface area (Å²) in [5, 5.41) is 9.78. The highest BCUT2D eigenvalue weighted by molar-refractivity contribution is 5.88. The van der Waals surface area contributed by atoms with E-state index in [1.807, 2.05) is 59.8 Å². The summed E-state index contributed by atoms with van der Waals surface area (Å²) >= 11 is 0. The van der Waals surface area contributed by atoms with Crippen LogP contribution in [0.2, 0.25) is 0 Å². The lowest BCUT2D eigenvalue weighted by Gasteiger charge is -2.35. The van der Waals surface area contributed by atoms with Crippen molar-refractivity contribution < 1.29 is 9.53 Å². The van der Waals surface area contributed by atoms with E-state index in [0.29, 0.717) is 17.1 Å². The van der Waals surface area contributed by atoms with Gasteiger partial charge in [0, 0.05) is 20.1 Å². The summed E-state index contributed by atoms with van der Waals surface area (Å²) in [7, 11) is 1.90. The highest BCUT2D eigenvalue weighted by atomic mass is 16.5. The lowest BCUT2D eigenvalue weighted by molar-refractivity contribution is -0.137. The fourth-order valence-corrected chi connectivity index (χ4v) is 5.54. The molecule has 2 aromatic carbocycles. The summed E-state index contributed by atoms with van der Waals surface area (Å²) in [5.41, 5.74) is 8.37. The van der Waals surface area contributed by atoms with Gasteiger partial charge in [0.2, 0.25) is 5.91 Å². The van der Waals surface area contributed by atoms with Crippen LogP contribution in [0.1, 0.15) is 75.3 Å². The Labute approximate surface area is 219 Å². The number of carbonyl (C=O) groups is 1. The van der Waals surface area contributed by atoms with Crippen LogP contribution in [-0.4, -0.2) is 33.4 Å². The maximum Gasteiger partial charge on any atom is 0.233 e. The van der Waals surface area contributed by atoms with Gasteiger partial charge in [0.15, 0.2) is 0 Å². The average Bonchev–Trinajstić information content (AvgIpc) is 3.28. The number of rotatable bonds is 8. The van der Waals surface area contributed by atoms with Gasteiger partial charge in [-0.05, 0) is 68.0 Å². The highest BCUT2D eigenvalue weighted by Crippen LogP contribution is 2.40. The number of hydrogen-bond acceptors (Lipinski definition) is 5. The lowest BCUT2D eigenvalue weighted by Crippen LogP contribution is -2.45. The molecule has 1 amide bonds. The van der Waals surface area contributed by atoms with E-state index in [1.54, 1.807) is 18.6 Å². The molecule has 0 bridgehead atoms. The molecule has 1 aliphatic heterocycles. The maximum atomic E-state index is 13.8. The lowest BCUT2D eigenvalue weighted by atomic mass is 9.73. The standard InChI is InChI=1S/C30H37N5O2/c1-5-15-35-16-8-7-14-30(6-2,28(35)36)24-10-9-11-25(17-24)37-26-18-23(13-12-22(26)19-31)29(3,32)27-20-33-21-34(27)4/h9-13,17-18,20-21H,5-8,14-16,32H2,1-4H3. The van der Waals surface area contributed by atoms with Crippen molar-refractivity contribution in [2.75, 3.05) is 13.1 Å². The van der Waals surface area contributed by atoms with Gasteiger partial charge in [-0.25, -0.2) is 4.98 Å². The van der Waals surface area contributed by atoms with Crippen molar-refractivity contribution in [3.05, 3.63) is 77.4 Å². The number of ether oxygens (including phenoxy) is 1. The number of likely N-dealkylation sites (tertiary alicyclic amines) is 1. The van der Waals surface area contributed by atoms with Crippen molar-refractivity contribution in [2.24, 2.45) is 12.8 Å². The first kappa shape index (κ1) is 26.4. The molecular formula is C30H37N5O2. The molecule has 0 spiro atoms. The number of nitriles is 1. The molecule has 7 heteroatoms. The van der Waals surface area contributed by atoms with Crippen molar-refractivity contribution in [3.8, 4) is 17.6 Å². The van der Waals surface area contributed by atoms with Crippen LogP contribution in [0.4, 0.5) is 0 Å². The van der Waals surface area contributed by atoms with Crippen molar-refractivity contribution >= 4 is 5.91 Å². The number of aromatic nitrogens is 2. The first-order valence-electron chi connectivity index (χ1n) is 13.1. The molecular weight excluding hydrogens is 462 g/mol. The number of carbonyl (C=O) groups excluding carboxylic acids is 1. The van der Waals surface area contributed by atoms with E-state index in [-0.39, 0.29) is 5.91 Å². The second-order valence-corrected chi connectivity index (χ2v) is 10.2. The van der Waals surface area contributed by atoms with Crippen LogP contribution in [-0.2, 0) is 22.8 Å². The third-order valence-corrected chi connectivity index (χ3v) is 7.74.